The highest BCUT2D eigenvalue weighted by Crippen LogP contribution is 2.04. The van der Waals surface area contributed by atoms with E-state index in [1.54, 1.807) is 12.1 Å². The van der Waals surface area contributed by atoms with E-state index in [1.165, 1.54) is 6.92 Å². The summed E-state index contributed by atoms with van der Waals surface area (Å²) in [6.45, 7) is 1.52. The number of hydrogen-bond donors (Lipinski definition) is 2. The van der Waals surface area contributed by atoms with Crippen LogP contribution in [0, 0.1) is 0 Å². The number of benzene rings is 1. The van der Waals surface area contributed by atoms with Gasteiger partial charge in [0.2, 0.25) is 0 Å². The molecule has 0 unspecified atom stereocenters. The van der Waals surface area contributed by atoms with Gasteiger partial charge in [0.1, 0.15) is 5.75 Å². The lowest BCUT2D eigenvalue weighted by molar-refractivity contribution is 0.488. The fourth-order valence-corrected chi connectivity index (χ4v) is 1.56. The zero-order valence-corrected chi connectivity index (χ0v) is 9.03. The number of hydrazone groups is 1. The molecule has 1 aromatic rings. The van der Waals surface area contributed by atoms with E-state index in [2.05, 4.69) is 10.5 Å². The van der Waals surface area contributed by atoms with E-state index >= 15 is 0 Å². The van der Waals surface area contributed by atoms with Crippen LogP contribution in [0.25, 0.3) is 0 Å². The van der Waals surface area contributed by atoms with Crippen molar-refractivity contribution in [2.24, 2.45) is 5.10 Å². The van der Waals surface area contributed by atoms with Crippen molar-refractivity contribution in [1.29, 1.82) is 0 Å². The molecule has 15 heavy (non-hydrogen) atoms. The zero-order valence-electron chi connectivity index (χ0n) is 8.21. The number of nitrogens with zero attached hydrogens (tertiary/aromatic N) is 1. The van der Waals surface area contributed by atoms with Crippen LogP contribution in [-0.2, 0) is 10.1 Å². The predicted octanol–water partition coefficient (Wildman–Crippen LogP) is 1.36. The van der Waals surface area contributed by atoms with Crippen LogP contribution in [-0.4, -0.2) is 24.4 Å². The third-order valence-electron chi connectivity index (χ3n) is 1.54. The van der Waals surface area contributed by atoms with Crippen molar-refractivity contribution in [2.75, 3.05) is 11.2 Å². The molecule has 0 aliphatic rings. The first-order chi connectivity index (χ1) is 6.97. The quantitative estimate of drug-likeness (QED) is 0.463. The molecule has 0 aromatic heterocycles. The number of hydrogen-bond acceptors (Lipinski definition) is 4. The molecule has 5 nitrogen and oxygen atoms in total. The Labute approximate surface area is 88.6 Å². The molecule has 0 fully saturated rings. The van der Waals surface area contributed by atoms with Crippen LogP contribution in [0.1, 0.15) is 6.92 Å². The van der Waals surface area contributed by atoms with Gasteiger partial charge in [-0.25, -0.2) is 0 Å². The number of para-hydroxylation sites is 1. The normalized spacial score (nSPS) is 12.5. The maximum absolute atomic E-state index is 10.5. The minimum atomic E-state index is -4.00. The van der Waals surface area contributed by atoms with Gasteiger partial charge in [0.05, 0.1) is 11.4 Å². The Kier molecular flexibility index (Phi) is 3.81. The van der Waals surface area contributed by atoms with Crippen molar-refractivity contribution >= 4 is 21.5 Å². The van der Waals surface area contributed by atoms with Gasteiger partial charge in [-0.2, -0.15) is 13.5 Å². The molecule has 0 aliphatic heterocycles. The zero-order chi connectivity index (χ0) is 11.3. The molecule has 0 atom stereocenters. The molecular weight excluding hydrogens is 216 g/mol. The maximum Gasteiger partial charge on any atom is 0.270 e. The Morgan fingerprint density at radius 2 is 2.00 bits per heavy atom. The van der Waals surface area contributed by atoms with Crippen LogP contribution >= 0.6 is 0 Å². The van der Waals surface area contributed by atoms with Gasteiger partial charge in [-0.15, -0.1) is 0 Å². The Hall–Kier alpha value is -1.40. The summed E-state index contributed by atoms with van der Waals surface area (Å²) in [5.74, 6) is -0.465. The highest BCUT2D eigenvalue weighted by atomic mass is 32.2. The van der Waals surface area contributed by atoms with Crippen molar-refractivity contribution in [3.8, 4) is 0 Å². The Balaban J connectivity index is 2.59. The van der Waals surface area contributed by atoms with Gasteiger partial charge in [-0.3, -0.25) is 9.98 Å². The summed E-state index contributed by atoms with van der Waals surface area (Å²) in [7, 11) is -4.00. The molecule has 0 radical (unpaired) electrons. The minimum absolute atomic E-state index is 0.293. The molecule has 6 heteroatoms. The van der Waals surface area contributed by atoms with Crippen LogP contribution in [0.5, 0.6) is 0 Å². The largest absolute Gasteiger partial charge is 0.285 e. The van der Waals surface area contributed by atoms with Gasteiger partial charge in [0, 0.05) is 0 Å². The van der Waals surface area contributed by atoms with E-state index in [9.17, 15) is 8.42 Å². The molecular formula is C9H12N2O3S. The summed E-state index contributed by atoms with van der Waals surface area (Å²) in [6.07, 6.45) is 0. The summed E-state index contributed by atoms with van der Waals surface area (Å²) >= 11 is 0. The molecule has 0 amide bonds. The van der Waals surface area contributed by atoms with Crippen LogP contribution < -0.4 is 5.43 Å². The summed E-state index contributed by atoms with van der Waals surface area (Å²) < 4.78 is 29.5. The topological polar surface area (TPSA) is 78.8 Å². The van der Waals surface area contributed by atoms with Crippen molar-refractivity contribution in [3.05, 3.63) is 30.3 Å². The number of anilines is 1. The third kappa shape index (κ3) is 5.14. The molecule has 1 aromatic carbocycles. The van der Waals surface area contributed by atoms with E-state index in [4.69, 9.17) is 4.55 Å². The molecule has 0 saturated heterocycles. The van der Waals surface area contributed by atoms with E-state index in [0.717, 1.165) is 5.69 Å². The Morgan fingerprint density at radius 3 is 2.53 bits per heavy atom. The van der Waals surface area contributed by atoms with Crippen molar-refractivity contribution in [2.45, 2.75) is 6.92 Å². The van der Waals surface area contributed by atoms with Crippen LogP contribution in [0.2, 0.25) is 0 Å². The molecule has 1 rings (SSSR count). The van der Waals surface area contributed by atoms with E-state index in [-0.39, 0.29) is 0 Å². The van der Waals surface area contributed by atoms with Crippen LogP contribution in [0.4, 0.5) is 5.69 Å². The van der Waals surface area contributed by atoms with Crippen LogP contribution in [0.15, 0.2) is 35.4 Å². The maximum atomic E-state index is 10.5. The minimum Gasteiger partial charge on any atom is -0.285 e. The summed E-state index contributed by atoms with van der Waals surface area (Å²) in [6, 6.07) is 9.11. The van der Waals surface area contributed by atoms with Crippen LogP contribution in [0.3, 0.4) is 0 Å². The molecule has 0 saturated carbocycles. The fourth-order valence-electron chi connectivity index (χ4n) is 0.969. The standard InChI is InChI=1S/C9H12N2O3S/c1-8(7-15(12,13)14)10-11-9-5-3-2-4-6-9/h2-6,11H,7H2,1H3,(H,12,13,14)/b10-8-. The van der Waals surface area contributed by atoms with Gasteiger partial charge < -0.3 is 0 Å². The first-order valence-corrected chi connectivity index (χ1v) is 5.88. The SMILES string of the molecule is C/C(CS(=O)(=O)O)=N/Nc1ccccc1. The third-order valence-corrected chi connectivity index (χ3v) is 2.32. The van der Waals surface area contributed by atoms with Gasteiger partial charge in [0.15, 0.2) is 0 Å². The average Bonchev–Trinajstić information content (AvgIpc) is 2.14. The van der Waals surface area contributed by atoms with Gasteiger partial charge in [0.25, 0.3) is 10.1 Å². The first kappa shape index (κ1) is 11.7. The smallest absolute Gasteiger partial charge is 0.270 e. The van der Waals surface area contributed by atoms with Crippen molar-refractivity contribution in [3.63, 3.8) is 0 Å². The summed E-state index contributed by atoms with van der Waals surface area (Å²) in [4.78, 5) is 0. The van der Waals surface area contributed by atoms with Crippen molar-refractivity contribution in [1.82, 2.24) is 0 Å². The monoisotopic (exact) mass is 228 g/mol. The fraction of sp³-hybridized carbons (Fsp3) is 0.222. The van der Waals surface area contributed by atoms with Gasteiger partial charge in [-0.1, -0.05) is 18.2 Å². The number of rotatable bonds is 4. The molecule has 0 heterocycles. The molecule has 0 bridgehead atoms. The van der Waals surface area contributed by atoms with E-state index in [1.807, 2.05) is 18.2 Å². The first-order valence-electron chi connectivity index (χ1n) is 4.27. The average molecular weight is 228 g/mol. The Bertz CT molecular complexity index is 440. The highest BCUT2D eigenvalue weighted by Gasteiger charge is 2.06. The second-order valence-corrected chi connectivity index (χ2v) is 4.50. The summed E-state index contributed by atoms with van der Waals surface area (Å²) in [5, 5.41) is 3.81. The lowest BCUT2D eigenvalue weighted by atomic mass is 10.3. The lowest BCUT2D eigenvalue weighted by Gasteiger charge is -2.01. The molecule has 0 spiro atoms. The predicted molar refractivity (Wildman–Crippen MR) is 59.6 cm³/mol. The molecule has 0 aliphatic carbocycles. The Morgan fingerprint density at radius 1 is 1.40 bits per heavy atom. The lowest BCUT2D eigenvalue weighted by Crippen LogP contribution is -2.13. The van der Waals surface area contributed by atoms with E-state index in [0.29, 0.717) is 5.71 Å². The summed E-state index contributed by atoms with van der Waals surface area (Å²) in [5.41, 5.74) is 3.73. The van der Waals surface area contributed by atoms with E-state index < -0.39 is 15.9 Å². The van der Waals surface area contributed by atoms with Gasteiger partial charge in [-0.05, 0) is 19.1 Å². The number of nitrogens with one attached hydrogen (secondary N) is 1. The highest BCUT2D eigenvalue weighted by molar-refractivity contribution is 7.86. The van der Waals surface area contributed by atoms with Gasteiger partial charge >= 0.3 is 0 Å². The molecule has 2 N–H and O–H groups in total. The van der Waals surface area contributed by atoms with Crippen molar-refractivity contribution < 1.29 is 13.0 Å². The second-order valence-electron chi connectivity index (χ2n) is 3.05. The molecule has 82 valence electrons. The second kappa shape index (κ2) is 4.90.